The summed E-state index contributed by atoms with van der Waals surface area (Å²) in [6.07, 6.45) is 4.96. The van der Waals surface area contributed by atoms with Crippen molar-refractivity contribution in [3.05, 3.63) is 28.8 Å². The Bertz CT molecular complexity index is 384. The molecule has 2 heteroatoms. The molecule has 0 saturated carbocycles. The standard InChI is InChI=1S/C13H17NO/c1-15-12-6-5-9-3-2-4-11-13(9)10(12)7-8-14-11/h5-6,11,14H,2-4,7-8H2,1H3/t11-/m0/s1. The van der Waals surface area contributed by atoms with Crippen LogP contribution in [0, 0.1) is 0 Å². The first kappa shape index (κ1) is 9.22. The number of rotatable bonds is 1. The molecule has 15 heavy (non-hydrogen) atoms. The van der Waals surface area contributed by atoms with Crippen molar-refractivity contribution in [3.8, 4) is 5.75 Å². The normalized spacial score (nSPS) is 23.4. The van der Waals surface area contributed by atoms with Gasteiger partial charge in [-0.3, -0.25) is 0 Å². The summed E-state index contributed by atoms with van der Waals surface area (Å²) in [5.41, 5.74) is 4.54. The number of hydrogen-bond acceptors (Lipinski definition) is 2. The van der Waals surface area contributed by atoms with Crippen molar-refractivity contribution >= 4 is 0 Å². The fourth-order valence-electron chi connectivity index (χ4n) is 3.01. The molecule has 3 rings (SSSR count). The van der Waals surface area contributed by atoms with Crippen LogP contribution in [0.1, 0.15) is 35.6 Å². The van der Waals surface area contributed by atoms with Gasteiger partial charge >= 0.3 is 0 Å². The molecule has 1 atom stereocenters. The second-order valence-electron chi connectivity index (χ2n) is 4.47. The summed E-state index contributed by atoms with van der Waals surface area (Å²) in [4.78, 5) is 0. The molecule has 1 heterocycles. The fraction of sp³-hybridized carbons (Fsp3) is 0.538. The Hall–Kier alpha value is -1.02. The number of aryl methyl sites for hydroxylation is 1. The van der Waals surface area contributed by atoms with Gasteiger partial charge in [0.25, 0.3) is 0 Å². The zero-order valence-electron chi connectivity index (χ0n) is 9.18. The maximum atomic E-state index is 5.46. The first-order chi connectivity index (χ1) is 7.40. The molecule has 0 amide bonds. The van der Waals surface area contributed by atoms with Gasteiger partial charge in [-0.2, -0.15) is 0 Å². The van der Waals surface area contributed by atoms with E-state index >= 15 is 0 Å². The van der Waals surface area contributed by atoms with Gasteiger partial charge in [-0.25, -0.2) is 0 Å². The lowest BCUT2D eigenvalue weighted by Gasteiger charge is -2.33. The molecule has 1 aromatic rings. The van der Waals surface area contributed by atoms with E-state index in [0.29, 0.717) is 6.04 Å². The van der Waals surface area contributed by atoms with Crippen molar-refractivity contribution in [1.82, 2.24) is 5.32 Å². The van der Waals surface area contributed by atoms with E-state index in [9.17, 15) is 0 Å². The Morgan fingerprint density at radius 2 is 2.27 bits per heavy atom. The van der Waals surface area contributed by atoms with Crippen LogP contribution in [0.5, 0.6) is 5.75 Å². The number of ether oxygens (including phenoxy) is 1. The first-order valence-corrected chi connectivity index (χ1v) is 5.82. The van der Waals surface area contributed by atoms with Gasteiger partial charge in [0.1, 0.15) is 5.75 Å². The lowest BCUT2D eigenvalue weighted by atomic mass is 9.81. The minimum atomic E-state index is 0.590. The molecule has 0 aromatic heterocycles. The molecule has 0 bridgehead atoms. The molecule has 1 aliphatic carbocycles. The van der Waals surface area contributed by atoms with Crippen molar-refractivity contribution in [2.45, 2.75) is 31.7 Å². The van der Waals surface area contributed by atoms with Crippen molar-refractivity contribution in [1.29, 1.82) is 0 Å². The average molecular weight is 203 g/mol. The summed E-state index contributed by atoms with van der Waals surface area (Å²) in [7, 11) is 1.78. The van der Waals surface area contributed by atoms with Crippen molar-refractivity contribution in [3.63, 3.8) is 0 Å². The van der Waals surface area contributed by atoms with Gasteiger partial charge in [-0.05, 0) is 49.4 Å². The number of hydrogen-bond donors (Lipinski definition) is 1. The van der Waals surface area contributed by atoms with Gasteiger partial charge in [-0.15, -0.1) is 0 Å². The van der Waals surface area contributed by atoms with Crippen LogP contribution in [0.3, 0.4) is 0 Å². The van der Waals surface area contributed by atoms with E-state index in [-0.39, 0.29) is 0 Å². The predicted molar refractivity (Wildman–Crippen MR) is 60.4 cm³/mol. The van der Waals surface area contributed by atoms with Crippen molar-refractivity contribution in [2.75, 3.05) is 13.7 Å². The second-order valence-corrected chi connectivity index (χ2v) is 4.47. The third-order valence-corrected chi connectivity index (χ3v) is 3.68. The Labute approximate surface area is 90.6 Å². The van der Waals surface area contributed by atoms with E-state index in [1.54, 1.807) is 12.7 Å². The van der Waals surface area contributed by atoms with Crippen LogP contribution in [0.25, 0.3) is 0 Å². The van der Waals surface area contributed by atoms with Gasteiger partial charge in [0.05, 0.1) is 7.11 Å². The van der Waals surface area contributed by atoms with E-state index in [1.807, 2.05) is 0 Å². The summed E-state index contributed by atoms with van der Waals surface area (Å²) in [6, 6.07) is 4.98. The summed E-state index contributed by atoms with van der Waals surface area (Å²) >= 11 is 0. The molecule has 0 radical (unpaired) electrons. The zero-order chi connectivity index (χ0) is 10.3. The van der Waals surface area contributed by atoms with E-state index < -0.39 is 0 Å². The molecule has 0 unspecified atom stereocenters. The highest BCUT2D eigenvalue weighted by atomic mass is 16.5. The van der Waals surface area contributed by atoms with Gasteiger partial charge in [0.2, 0.25) is 0 Å². The molecule has 1 aromatic carbocycles. The monoisotopic (exact) mass is 203 g/mol. The average Bonchev–Trinajstić information content (AvgIpc) is 2.30. The minimum Gasteiger partial charge on any atom is -0.496 e. The summed E-state index contributed by atoms with van der Waals surface area (Å²) < 4.78 is 5.46. The summed E-state index contributed by atoms with van der Waals surface area (Å²) in [5.74, 6) is 1.09. The quantitative estimate of drug-likeness (QED) is 0.755. The minimum absolute atomic E-state index is 0.590. The number of methoxy groups -OCH3 is 1. The van der Waals surface area contributed by atoms with E-state index in [1.165, 1.54) is 30.4 Å². The summed E-state index contributed by atoms with van der Waals surface area (Å²) in [6.45, 7) is 1.09. The molecular formula is C13H17NO. The molecular weight excluding hydrogens is 186 g/mol. The topological polar surface area (TPSA) is 21.3 Å². The maximum Gasteiger partial charge on any atom is 0.122 e. The number of benzene rings is 1. The Morgan fingerprint density at radius 3 is 3.13 bits per heavy atom. The molecule has 1 N–H and O–H groups in total. The SMILES string of the molecule is COc1ccc2c3c1CCN[C@H]3CCC2. The highest BCUT2D eigenvalue weighted by Gasteiger charge is 2.27. The first-order valence-electron chi connectivity index (χ1n) is 5.82. The molecule has 2 nitrogen and oxygen atoms in total. The van der Waals surface area contributed by atoms with Gasteiger partial charge in [0.15, 0.2) is 0 Å². The smallest absolute Gasteiger partial charge is 0.122 e. The van der Waals surface area contributed by atoms with E-state index in [4.69, 9.17) is 4.74 Å². The number of nitrogens with one attached hydrogen (secondary N) is 1. The largest absolute Gasteiger partial charge is 0.496 e. The van der Waals surface area contributed by atoms with Gasteiger partial charge in [0, 0.05) is 11.6 Å². The third-order valence-electron chi connectivity index (χ3n) is 3.68. The third kappa shape index (κ3) is 1.36. The Balaban J connectivity index is 2.18. The highest BCUT2D eigenvalue weighted by molar-refractivity contribution is 5.49. The van der Waals surface area contributed by atoms with Crippen LogP contribution < -0.4 is 10.1 Å². The van der Waals surface area contributed by atoms with E-state index in [0.717, 1.165) is 18.7 Å². The molecule has 80 valence electrons. The van der Waals surface area contributed by atoms with Crippen LogP contribution in [0.2, 0.25) is 0 Å². The van der Waals surface area contributed by atoms with Crippen LogP contribution in [-0.4, -0.2) is 13.7 Å². The zero-order valence-corrected chi connectivity index (χ0v) is 9.18. The lowest BCUT2D eigenvalue weighted by Crippen LogP contribution is -2.33. The predicted octanol–water partition coefficient (Wildman–Crippen LogP) is 2.22. The molecule has 2 aliphatic rings. The lowest BCUT2D eigenvalue weighted by molar-refractivity contribution is 0.389. The highest BCUT2D eigenvalue weighted by Crippen LogP contribution is 2.38. The van der Waals surface area contributed by atoms with Crippen LogP contribution >= 0.6 is 0 Å². The molecule has 0 spiro atoms. The van der Waals surface area contributed by atoms with Gasteiger partial charge in [-0.1, -0.05) is 6.07 Å². The van der Waals surface area contributed by atoms with Crippen LogP contribution in [0.4, 0.5) is 0 Å². The van der Waals surface area contributed by atoms with Gasteiger partial charge < -0.3 is 10.1 Å². The second kappa shape index (κ2) is 3.53. The fourth-order valence-corrected chi connectivity index (χ4v) is 3.01. The van der Waals surface area contributed by atoms with Crippen molar-refractivity contribution < 1.29 is 4.74 Å². The Morgan fingerprint density at radius 1 is 1.33 bits per heavy atom. The maximum absolute atomic E-state index is 5.46. The molecule has 0 saturated heterocycles. The summed E-state index contributed by atoms with van der Waals surface area (Å²) in [5, 5.41) is 3.61. The van der Waals surface area contributed by atoms with Crippen LogP contribution in [-0.2, 0) is 12.8 Å². The molecule has 1 aliphatic heterocycles. The molecule has 0 fully saturated rings. The van der Waals surface area contributed by atoms with Crippen LogP contribution in [0.15, 0.2) is 12.1 Å². The van der Waals surface area contributed by atoms with Crippen molar-refractivity contribution in [2.24, 2.45) is 0 Å². The van der Waals surface area contributed by atoms with E-state index in [2.05, 4.69) is 17.4 Å². The Kier molecular flexibility index (Phi) is 2.17.